The van der Waals surface area contributed by atoms with Gasteiger partial charge in [0.25, 0.3) is 0 Å². The molecule has 13 heavy (non-hydrogen) atoms. The predicted octanol–water partition coefficient (Wildman–Crippen LogP) is 2.88. The number of ketones is 1. The van der Waals surface area contributed by atoms with Crippen molar-refractivity contribution in [2.45, 2.75) is 19.4 Å². The molecule has 2 bridgehead atoms. The molecule has 2 rings (SSSR count). The van der Waals surface area contributed by atoms with E-state index < -0.39 is 5.60 Å². The lowest BCUT2D eigenvalue weighted by Crippen LogP contribution is -2.35. The molecule has 0 spiro atoms. The Morgan fingerprint density at radius 2 is 2.15 bits per heavy atom. The van der Waals surface area contributed by atoms with Crippen LogP contribution in [0.4, 0.5) is 0 Å². The van der Waals surface area contributed by atoms with Crippen LogP contribution in [0.25, 0.3) is 0 Å². The van der Waals surface area contributed by atoms with Crippen LogP contribution >= 0.6 is 31.9 Å². The molecular formula is C9H8Br2O2. The topological polar surface area (TPSA) is 26.3 Å². The first kappa shape index (κ1) is 9.46. The molecule has 0 aromatic rings. The second kappa shape index (κ2) is 2.70. The van der Waals surface area contributed by atoms with E-state index in [4.69, 9.17) is 4.74 Å². The van der Waals surface area contributed by atoms with Crippen molar-refractivity contribution in [2.75, 3.05) is 0 Å². The van der Waals surface area contributed by atoms with Crippen molar-refractivity contribution in [3.05, 3.63) is 20.8 Å². The number of carbonyl (C=O) groups is 1. The van der Waals surface area contributed by atoms with Crippen molar-refractivity contribution in [1.29, 1.82) is 0 Å². The van der Waals surface area contributed by atoms with Gasteiger partial charge < -0.3 is 4.74 Å². The predicted molar refractivity (Wildman–Crippen MR) is 56.6 cm³/mol. The Morgan fingerprint density at radius 1 is 1.54 bits per heavy atom. The van der Waals surface area contributed by atoms with Gasteiger partial charge in [-0.3, -0.25) is 4.79 Å². The van der Waals surface area contributed by atoms with Gasteiger partial charge >= 0.3 is 0 Å². The number of hydrogen-bond acceptors (Lipinski definition) is 2. The third kappa shape index (κ3) is 1.08. The molecule has 0 radical (unpaired) electrons. The number of hydrogen-bond donors (Lipinski definition) is 0. The summed E-state index contributed by atoms with van der Waals surface area (Å²) in [6.45, 7) is 4.01. The van der Waals surface area contributed by atoms with Crippen LogP contribution < -0.4 is 0 Å². The minimum atomic E-state index is -0.401. The van der Waals surface area contributed by atoms with E-state index in [2.05, 4.69) is 31.9 Å². The van der Waals surface area contributed by atoms with Crippen molar-refractivity contribution < 1.29 is 9.53 Å². The molecule has 0 N–H and O–H groups in total. The lowest BCUT2D eigenvalue weighted by Gasteiger charge is -2.32. The minimum absolute atomic E-state index is 0.0753. The molecule has 0 saturated heterocycles. The maximum atomic E-state index is 11.6. The van der Waals surface area contributed by atoms with Crippen LogP contribution in [0.3, 0.4) is 0 Å². The Kier molecular flexibility index (Phi) is 1.97. The highest BCUT2D eigenvalue weighted by Gasteiger charge is 2.48. The van der Waals surface area contributed by atoms with E-state index in [1.165, 1.54) is 0 Å². The lowest BCUT2D eigenvalue weighted by molar-refractivity contribution is -0.117. The molecule has 0 aliphatic carbocycles. The van der Waals surface area contributed by atoms with Crippen LogP contribution in [0.1, 0.15) is 13.8 Å². The molecule has 2 nitrogen and oxygen atoms in total. The highest BCUT2D eigenvalue weighted by molar-refractivity contribution is 9.14. The van der Waals surface area contributed by atoms with Crippen LogP contribution in [-0.2, 0) is 9.53 Å². The zero-order chi connectivity index (χ0) is 9.80. The van der Waals surface area contributed by atoms with E-state index in [9.17, 15) is 4.79 Å². The minimum Gasteiger partial charge on any atom is -0.478 e. The summed E-state index contributed by atoms with van der Waals surface area (Å²) in [5, 5.41) is 0. The second-order valence-electron chi connectivity index (χ2n) is 3.49. The molecule has 2 aliphatic rings. The maximum Gasteiger partial charge on any atom is 0.235 e. The number of halogens is 2. The summed E-state index contributed by atoms with van der Waals surface area (Å²) in [5.41, 5.74) is -0.401. The van der Waals surface area contributed by atoms with Gasteiger partial charge in [0.2, 0.25) is 5.78 Å². The summed E-state index contributed by atoms with van der Waals surface area (Å²) >= 11 is 6.66. The molecule has 2 atom stereocenters. The van der Waals surface area contributed by atoms with E-state index in [1.54, 1.807) is 0 Å². The first-order chi connectivity index (χ1) is 5.97. The van der Waals surface area contributed by atoms with E-state index in [0.29, 0.717) is 10.2 Å². The molecule has 2 unspecified atom stereocenters. The van der Waals surface area contributed by atoms with Crippen LogP contribution in [0.15, 0.2) is 20.8 Å². The molecular weight excluding hydrogens is 300 g/mol. The average Bonchev–Trinajstić information content (AvgIpc) is 2.37. The van der Waals surface area contributed by atoms with Crippen LogP contribution in [-0.4, -0.2) is 11.4 Å². The number of allylic oxidation sites excluding steroid dienone is 1. The standard InChI is InChI=1S/C9H8Br2O2/c1-4-3-5-7(12)6(10)8(11)9(4,2)13-5/h3-4H,1-2H3. The fourth-order valence-corrected chi connectivity index (χ4v) is 2.75. The Hall–Kier alpha value is -0.0900. The summed E-state index contributed by atoms with van der Waals surface area (Å²) < 4.78 is 6.95. The smallest absolute Gasteiger partial charge is 0.235 e. The highest BCUT2D eigenvalue weighted by atomic mass is 79.9. The van der Waals surface area contributed by atoms with Crippen molar-refractivity contribution in [1.82, 2.24) is 0 Å². The van der Waals surface area contributed by atoms with Crippen molar-refractivity contribution >= 4 is 37.6 Å². The number of ether oxygens (including phenoxy) is 1. The van der Waals surface area contributed by atoms with Gasteiger partial charge in [0, 0.05) is 5.92 Å². The number of fused-ring (bicyclic) bond motifs is 2. The normalized spacial score (nSPS) is 37.7. The third-order valence-electron chi connectivity index (χ3n) is 2.64. The van der Waals surface area contributed by atoms with Crippen LogP contribution in [0, 0.1) is 5.92 Å². The van der Waals surface area contributed by atoms with Gasteiger partial charge in [-0.15, -0.1) is 0 Å². The van der Waals surface area contributed by atoms with Crippen molar-refractivity contribution in [3.63, 3.8) is 0 Å². The van der Waals surface area contributed by atoms with Gasteiger partial charge in [0.1, 0.15) is 5.60 Å². The van der Waals surface area contributed by atoms with Gasteiger partial charge in [-0.25, -0.2) is 0 Å². The molecule has 70 valence electrons. The Bertz CT molecular complexity index is 357. The van der Waals surface area contributed by atoms with Crippen LogP contribution in [0.2, 0.25) is 0 Å². The zero-order valence-electron chi connectivity index (χ0n) is 7.23. The largest absolute Gasteiger partial charge is 0.478 e. The SMILES string of the molecule is CC1C=C2OC1(C)C(Br)=C(Br)C2=O. The highest BCUT2D eigenvalue weighted by Crippen LogP contribution is 2.48. The van der Waals surface area contributed by atoms with Gasteiger partial charge in [0.15, 0.2) is 5.76 Å². The summed E-state index contributed by atoms with van der Waals surface area (Å²) in [7, 11) is 0. The molecule has 0 amide bonds. The number of carbonyl (C=O) groups excluding carboxylic acids is 1. The summed E-state index contributed by atoms with van der Waals surface area (Å²) in [4.78, 5) is 11.6. The zero-order valence-corrected chi connectivity index (χ0v) is 10.4. The molecule has 0 aromatic heterocycles. The molecule has 0 fully saturated rings. The first-order valence-corrected chi connectivity index (χ1v) is 5.56. The fraction of sp³-hybridized carbons (Fsp3) is 0.444. The van der Waals surface area contributed by atoms with E-state index in [-0.39, 0.29) is 11.7 Å². The lowest BCUT2D eigenvalue weighted by atomic mass is 9.92. The molecule has 2 aliphatic heterocycles. The maximum absolute atomic E-state index is 11.6. The molecule has 0 saturated carbocycles. The summed E-state index contributed by atoms with van der Waals surface area (Å²) in [6.07, 6.45) is 1.87. The quantitative estimate of drug-likeness (QED) is 0.688. The third-order valence-corrected chi connectivity index (χ3v) is 5.12. The van der Waals surface area contributed by atoms with Gasteiger partial charge in [-0.05, 0) is 44.9 Å². The van der Waals surface area contributed by atoms with E-state index in [1.807, 2.05) is 19.9 Å². The number of rotatable bonds is 0. The summed E-state index contributed by atoms with van der Waals surface area (Å²) in [6, 6.07) is 0. The van der Waals surface area contributed by atoms with Crippen molar-refractivity contribution in [3.8, 4) is 0 Å². The Balaban J connectivity index is 2.62. The average molecular weight is 308 g/mol. The molecule has 2 heterocycles. The molecule has 4 heteroatoms. The monoisotopic (exact) mass is 306 g/mol. The summed E-state index contributed by atoms with van der Waals surface area (Å²) in [5.74, 6) is 0.606. The second-order valence-corrected chi connectivity index (χ2v) is 5.07. The van der Waals surface area contributed by atoms with Gasteiger partial charge in [-0.1, -0.05) is 6.92 Å². The van der Waals surface area contributed by atoms with E-state index >= 15 is 0 Å². The fourth-order valence-electron chi connectivity index (χ4n) is 1.53. The molecule has 0 aromatic carbocycles. The van der Waals surface area contributed by atoms with Gasteiger partial charge in [0.05, 0.1) is 8.96 Å². The Morgan fingerprint density at radius 3 is 2.77 bits per heavy atom. The van der Waals surface area contributed by atoms with Crippen molar-refractivity contribution in [2.24, 2.45) is 5.92 Å². The Labute approximate surface area is 93.3 Å². The van der Waals surface area contributed by atoms with Crippen LogP contribution in [0.5, 0.6) is 0 Å². The number of Topliss-reactive ketones (excluding diaryl/α,β-unsaturated/α-hetero) is 1. The van der Waals surface area contributed by atoms with E-state index in [0.717, 1.165) is 4.48 Å². The first-order valence-electron chi connectivity index (χ1n) is 3.98. The van der Waals surface area contributed by atoms with Gasteiger partial charge in [-0.2, -0.15) is 0 Å².